The number of benzene rings is 1. The second-order valence-electron chi connectivity index (χ2n) is 7.30. The van der Waals surface area contributed by atoms with E-state index in [9.17, 15) is 26.8 Å². The lowest BCUT2D eigenvalue weighted by molar-refractivity contribution is -0.132. The van der Waals surface area contributed by atoms with Crippen LogP contribution in [0.2, 0.25) is 0 Å². The van der Waals surface area contributed by atoms with Gasteiger partial charge in [-0.25, -0.2) is 21.9 Å². The number of likely N-dealkylation sites (N-methyl/N-ethyl adjacent to an activating group) is 1. The van der Waals surface area contributed by atoms with Crippen LogP contribution >= 0.6 is 0 Å². The zero-order valence-electron chi connectivity index (χ0n) is 17.9. The molecule has 0 aromatic heterocycles. The lowest BCUT2D eigenvalue weighted by atomic mass is 10.3. The summed E-state index contributed by atoms with van der Waals surface area (Å²) in [7, 11) is -4.05. The van der Waals surface area contributed by atoms with E-state index in [-0.39, 0.29) is 24.8 Å². The van der Waals surface area contributed by atoms with Crippen molar-refractivity contribution in [2.75, 3.05) is 52.4 Å². The maximum Gasteiger partial charge on any atom is 0.240 e. The van der Waals surface area contributed by atoms with Crippen molar-refractivity contribution in [2.45, 2.75) is 31.6 Å². The number of carbonyl (C=O) groups excluding carboxylic acids is 2. The van der Waals surface area contributed by atoms with E-state index in [1.54, 1.807) is 9.80 Å². The summed E-state index contributed by atoms with van der Waals surface area (Å²) >= 11 is 0. The van der Waals surface area contributed by atoms with Gasteiger partial charge in [0.25, 0.3) is 0 Å². The number of sulfonamides is 1. The topological polar surface area (TPSA) is 90.0 Å². The van der Waals surface area contributed by atoms with Crippen LogP contribution in [0.5, 0.6) is 0 Å². The van der Waals surface area contributed by atoms with Crippen molar-refractivity contribution < 1.29 is 26.8 Å². The van der Waals surface area contributed by atoms with E-state index < -0.39 is 26.6 Å². The minimum atomic E-state index is -4.05. The second kappa shape index (κ2) is 11.5. The smallest absolute Gasteiger partial charge is 0.240 e. The summed E-state index contributed by atoms with van der Waals surface area (Å²) in [6.45, 7) is 7.63. The number of nitrogens with zero attached hydrogens (tertiary/aromatic N) is 3. The number of halogens is 2. The van der Waals surface area contributed by atoms with Gasteiger partial charge in [0, 0.05) is 52.2 Å². The molecule has 1 aliphatic rings. The first kappa shape index (κ1) is 25.2. The first-order chi connectivity index (χ1) is 14.7. The second-order valence-corrected chi connectivity index (χ2v) is 9.07. The Morgan fingerprint density at radius 1 is 1.06 bits per heavy atom. The summed E-state index contributed by atoms with van der Waals surface area (Å²) in [5, 5.41) is 0. The molecule has 8 nitrogen and oxygen atoms in total. The van der Waals surface area contributed by atoms with Crippen LogP contribution in [0.3, 0.4) is 0 Å². The molecule has 0 aliphatic carbocycles. The van der Waals surface area contributed by atoms with Gasteiger partial charge in [-0.05, 0) is 38.5 Å². The molecule has 1 aromatic carbocycles. The van der Waals surface area contributed by atoms with Crippen LogP contribution in [0.4, 0.5) is 8.78 Å². The number of hydrogen-bond acceptors (Lipinski definition) is 5. The van der Waals surface area contributed by atoms with Crippen molar-refractivity contribution in [2.24, 2.45) is 0 Å². The first-order valence-electron chi connectivity index (χ1n) is 10.4. The van der Waals surface area contributed by atoms with E-state index in [2.05, 4.69) is 4.72 Å². The summed E-state index contributed by atoms with van der Waals surface area (Å²) in [5.74, 6) is -2.53. The maximum absolute atomic E-state index is 13.3. The number of carbonyl (C=O) groups is 2. The SMILES string of the molecule is CCN(CC)C(=O)CN1CCCN(C(=O)CCNS(=O)(=O)c2ccc(F)c(F)c2)CC1. The normalized spacial score (nSPS) is 15.5. The van der Waals surface area contributed by atoms with Gasteiger partial charge in [0.05, 0.1) is 11.4 Å². The van der Waals surface area contributed by atoms with Gasteiger partial charge in [-0.3, -0.25) is 14.5 Å². The van der Waals surface area contributed by atoms with Crippen LogP contribution < -0.4 is 4.72 Å². The molecule has 31 heavy (non-hydrogen) atoms. The summed E-state index contributed by atoms with van der Waals surface area (Å²) < 4.78 is 52.9. The zero-order chi connectivity index (χ0) is 23.0. The highest BCUT2D eigenvalue weighted by atomic mass is 32.2. The molecule has 1 aromatic rings. The molecule has 0 bridgehead atoms. The number of nitrogens with one attached hydrogen (secondary N) is 1. The monoisotopic (exact) mass is 460 g/mol. The van der Waals surface area contributed by atoms with E-state index in [1.165, 1.54) is 0 Å². The van der Waals surface area contributed by atoms with E-state index in [4.69, 9.17) is 0 Å². The Kier molecular flexibility index (Phi) is 9.32. The molecule has 1 N–H and O–H groups in total. The minimum Gasteiger partial charge on any atom is -0.342 e. The van der Waals surface area contributed by atoms with Gasteiger partial charge in [-0.15, -0.1) is 0 Å². The van der Waals surface area contributed by atoms with E-state index in [0.29, 0.717) is 51.9 Å². The molecule has 1 saturated heterocycles. The van der Waals surface area contributed by atoms with Gasteiger partial charge in [0.2, 0.25) is 21.8 Å². The van der Waals surface area contributed by atoms with E-state index in [1.807, 2.05) is 18.7 Å². The number of rotatable bonds is 9. The molecular weight excluding hydrogens is 430 g/mol. The predicted molar refractivity (Wildman–Crippen MR) is 112 cm³/mol. The molecule has 1 heterocycles. The molecule has 1 aliphatic heterocycles. The molecule has 0 saturated carbocycles. The fourth-order valence-electron chi connectivity index (χ4n) is 3.42. The average molecular weight is 461 g/mol. The fourth-order valence-corrected chi connectivity index (χ4v) is 4.47. The minimum absolute atomic E-state index is 0.0543. The van der Waals surface area contributed by atoms with Crippen molar-refractivity contribution >= 4 is 21.8 Å². The number of amides is 2. The standard InChI is InChI=1S/C20H30F2N4O4S/c1-3-25(4-2)20(28)15-24-10-5-11-26(13-12-24)19(27)8-9-23-31(29,30)16-6-7-17(21)18(22)14-16/h6-7,14,23H,3-5,8-13,15H2,1-2H3. The quantitative estimate of drug-likeness (QED) is 0.595. The highest BCUT2D eigenvalue weighted by Gasteiger charge is 2.22. The van der Waals surface area contributed by atoms with Crippen molar-refractivity contribution in [3.05, 3.63) is 29.8 Å². The van der Waals surface area contributed by atoms with Gasteiger partial charge in [0.1, 0.15) is 0 Å². The molecule has 0 atom stereocenters. The van der Waals surface area contributed by atoms with Gasteiger partial charge in [-0.1, -0.05) is 0 Å². The Morgan fingerprint density at radius 2 is 1.77 bits per heavy atom. The van der Waals surface area contributed by atoms with E-state index in [0.717, 1.165) is 18.6 Å². The van der Waals surface area contributed by atoms with Gasteiger partial charge < -0.3 is 9.80 Å². The van der Waals surface area contributed by atoms with Crippen LogP contribution in [0.25, 0.3) is 0 Å². The molecule has 0 spiro atoms. The highest BCUT2D eigenvalue weighted by molar-refractivity contribution is 7.89. The Labute approximate surface area is 182 Å². The van der Waals surface area contributed by atoms with Crippen LogP contribution in [-0.4, -0.2) is 87.3 Å². The summed E-state index contributed by atoms with van der Waals surface area (Å²) in [5.41, 5.74) is 0. The Bertz CT molecular complexity index is 878. The van der Waals surface area contributed by atoms with Crippen LogP contribution in [-0.2, 0) is 19.6 Å². The number of hydrogen-bond donors (Lipinski definition) is 1. The Hall–Kier alpha value is -2.11. The fraction of sp³-hybridized carbons (Fsp3) is 0.600. The van der Waals surface area contributed by atoms with Crippen molar-refractivity contribution in [1.29, 1.82) is 0 Å². The van der Waals surface area contributed by atoms with Crippen molar-refractivity contribution in [1.82, 2.24) is 19.4 Å². The Morgan fingerprint density at radius 3 is 2.42 bits per heavy atom. The molecule has 1 fully saturated rings. The third-order valence-electron chi connectivity index (χ3n) is 5.25. The summed E-state index contributed by atoms with van der Waals surface area (Å²) in [4.78, 5) is 29.8. The van der Waals surface area contributed by atoms with Gasteiger partial charge in [0.15, 0.2) is 11.6 Å². The Balaban J connectivity index is 1.82. The highest BCUT2D eigenvalue weighted by Crippen LogP contribution is 2.13. The van der Waals surface area contributed by atoms with Crippen LogP contribution in [0, 0.1) is 11.6 Å². The lowest BCUT2D eigenvalue weighted by Crippen LogP contribution is -2.42. The zero-order valence-corrected chi connectivity index (χ0v) is 18.8. The van der Waals surface area contributed by atoms with Gasteiger partial charge >= 0.3 is 0 Å². The van der Waals surface area contributed by atoms with Crippen LogP contribution in [0.1, 0.15) is 26.7 Å². The molecule has 0 radical (unpaired) electrons. The average Bonchev–Trinajstić information content (AvgIpc) is 2.96. The third-order valence-corrected chi connectivity index (χ3v) is 6.71. The van der Waals surface area contributed by atoms with E-state index >= 15 is 0 Å². The summed E-state index contributed by atoms with van der Waals surface area (Å²) in [6.07, 6.45) is 0.666. The molecule has 174 valence electrons. The van der Waals surface area contributed by atoms with Crippen molar-refractivity contribution in [3.63, 3.8) is 0 Å². The molecule has 2 rings (SSSR count). The predicted octanol–water partition coefficient (Wildman–Crippen LogP) is 1.04. The largest absolute Gasteiger partial charge is 0.342 e. The maximum atomic E-state index is 13.3. The third kappa shape index (κ3) is 7.22. The molecule has 11 heteroatoms. The molecule has 2 amide bonds. The van der Waals surface area contributed by atoms with Gasteiger partial charge in [-0.2, -0.15) is 0 Å². The van der Waals surface area contributed by atoms with Crippen molar-refractivity contribution in [3.8, 4) is 0 Å². The first-order valence-corrected chi connectivity index (χ1v) is 11.9. The lowest BCUT2D eigenvalue weighted by Gasteiger charge is -2.25. The van der Waals surface area contributed by atoms with Crippen LogP contribution in [0.15, 0.2) is 23.1 Å². The molecule has 0 unspecified atom stereocenters. The molecular formula is C20H30F2N4O4S. The summed E-state index contributed by atoms with van der Waals surface area (Å²) in [6, 6.07) is 2.30.